The lowest BCUT2D eigenvalue weighted by atomic mass is 9.94. The number of hydrogen-bond acceptors (Lipinski definition) is 6. The molecule has 1 saturated carbocycles. The summed E-state index contributed by atoms with van der Waals surface area (Å²) in [5.41, 5.74) is 2.79. The molecular formula is C27H29N5O5. The van der Waals surface area contributed by atoms with E-state index >= 15 is 0 Å². The van der Waals surface area contributed by atoms with Crippen LogP contribution in [0.25, 0.3) is 0 Å². The Morgan fingerprint density at radius 3 is 2.73 bits per heavy atom. The van der Waals surface area contributed by atoms with Crippen LogP contribution in [0, 0.1) is 5.92 Å². The van der Waals surface area contributed by atoms with Crippen LogP contribution in [0.4, 0.5) is 15.3 Å². The average Bonchev–Trinajstić information content (AvgIpc) is 3.66. The molecule has 1 aromatic heterocycles. The summed E-state index contributed by atoms with van der Waals surface area (Å²) in [5, 5.41) is 5.21. The number of benzene rings is 1. The SMILES string of the molecule is CNC(=O)Nc1ccc2c(c1)CC[C@@]21OC(=O)N(CC(=O)N2Cc3cnccc3CCC2C2CC2)C1=O. The summed E-state index contributed by atoms with van der Waals surface area (Å²) in [6, 6.07) is 6.92. The van der Waals surface area contributed by atoms with Crippen LogP contribution in [0.1, 0.15) is 47.9 Å². The van der Waals surface area contributed by atoms with E-state index in [0.29, 0.717) is 36.6 Å². The van der Waals surface area contributed by atoms with Crippen LogP contribution >= 0.6 is 0 Å². The molecule has 3 heterocycles. The summed E-state index contributed by atoms with van der Waals surface area (Å²) >= 11 is 0. The Kier molecular flexibility index (Phi) is 5.62. The maximum Gasteiger partial charge on any atom is 0.418 e. The number of aromatic nitrogens is 1. The fourth-order valence-corrected chi connectivity index (χ4v) is 6.00. The van der Waals surface area contributed by atoms with Gasteiger partial charge in [0.2, 0.25) is 11.5 Å². The van der Waals surface area contributed by atoms with Crippen LogP contribution in [-0.2, 0) is 39.3 Å². The molecule has 2 atom stereocenters. The molecule has 1 saturated heterocycles. The highest BCUT2D eigenvalue weighted by molar-refractivity contribution is 6.06. The molecule has 1 spiro atoms. The number of carbonyl (C=O) groups excluding carboxylic acids is 4. The number of rotatable bonds is 4. The van der Waals surface area contributed by atoms with E-state index in [4.69, 9.17) is 4.74 Å². The van der Waals surface area contributed by atoms with Gasteiger partial charge in [-0.15, -0.1) is 0 Å². The van der Waals surface area contributed by atoms with Crippen LogP contribution < -0.4 is 10.6 Å². The molecule has 1 unspecified atom stereocenters. The third kappa shape index (κ3) is 4.00. The van der Waals surface area contributed by atoms with E-state index in [2.05, 4.69) is 15.6 Å². The van der Waals surface area contributed by atoms with Gasteiger partial charge in [-0.05, 0) is 72.9 Å². The van der Waals surface area contributed by atoms with Crippen LogP contribution in [0.15, 0.2) is 36.7 Å². The Balaban J connectivity index is 1.23. The molecule has 37 heavy (non-hydrogen) atoms. The highest BCUT2D eigenvalue weighted by Gasteiger charge is 2.58. The van der Waals surface area contributed by atoms with Crippen molar-refractivity contribution in [2.45, 2.75) is 56.7 Å². The van der Waals surface area contributed by atoms with Gasteiger partial charge in [0.05, 0.1) is 0 Å². The molecule has 4 aliphatic rings. The monoisotopic (exact) mass is 503 g/mol. The van der Waals surface area contributed by atoms with Gasteiger partial charge in [-0.3, -0.25) is 14.6 Å². The van der Waals surface area contributed by atoms with Gasteiger partial charge in [-0.2, -0.15) is 0 Å². The Labute approximate surface area is 214 Å². The molecule has 10 nitrogen and oxygen atoms in total. The van der Waals surface area contributed by atoms with Crippen molar-refractivity contribution in [1.29, 1.82) is 0 Å². The molecule has 6 rings (SSSR count). The summed E-state index contributed by atoms with van der Waals surface area (Å²) in [6.45, 7) is 0.0826. The minimum Gasteiger partial charge on any atom is -0.427 e. The van der Waals surface area contributed by atoms with Crippen LogP contribution in [0.5, 0.6) is 0 Å². The molecule has 1 aromatic carbocycles. The molecule has 192 valence electrons. The van der Waals surface area contributed by atoms with E-state index in [1.807, 2.05) is 11.0 Å². The third-order valence-corrected chi connectivity index (χ3v) is 8.08. The van der Waals surface area contributed by atoms with Crippen molar-refractivity contribution in [1.82, 2.24) is 20.1 Å². The van der Waals surface area contributed by atoms with Crippen molar-refractivity contribution < 1.29 is 23.9 Å². The molecule has 2 aliphatic carbocycles. The van der Waals surface area contributed by atoms with E-state index in [-0.39, 0.29) is 24.5 Å². The number of amides is 5. The second kappa shape index (κ2) is 8.86. The van der Waals surface area contributed by atoms with Gasteiger partial charge in [-0.25, -0.2) is 14.5 Å². The van der Waals surface area contributed by atoms with E-state index < -0.39 is 17.6 Å². The number of urea groups is 1. The van der Waals surface area contributed by atoms with Gasteiger partial charge in [0.15, 0.2) is 0 Å². The largest absolute Gasteiger partial charge is 0.427 e. The lowest BCUT2D eigenvalue weighted by molar-refractivity contribution is -0.143. The first-order chi connectivity index (χ1) is 17.9. The van der Waals surface area contributed by atoms with E-state index in [9.17, 15) is 19.2 Å². The summed E-state index contributed by atoms with van der Waals surface area (Å²) in [6.07, 6.45) is 7.51. The second-order valence-corrected chi connectivity index (χ2v) is 10.3. The molecule has 2 fully saturated rings. The zero-order valence-electron chi connectivity index (χ0n) is 20.7. The second-order valence-electron chi connectivity index (χ2n) is 10.3. The van der Waals surface area contributed by atoms with Crippen LogP contribution in [0.3, 0.4) is 0 Å². The molecule has 0 bridgehead atoms. The van der Waals surface area contributed by atoms with Gasteiger partial charge in [0.1, 0.15) is 6.54 Å². The predicted octanol–water partition coefficient (Wildman–Crippen LogP) is 2.71. The standard InChI is InChI=1S/C27H29N5O5/c1-28-25(35)30-20-5-6-21-18(12-20)8-10-27(21)24(34)32(26(36)37-27)15-23(33)31-14-19-13-29-11-9-16(19)4-7-22(31)17-2-3-17/h5-6,9,11-13,17,22H,2-4,7-8,10,14-15H2,1H3,(H2,28,30,35)/t22?,27-/m1/s1. The number of carbonyl (C=O) groups is 4. The number of aryl methyl sites for hydroxylation is 2. The minimum atomic E-state index is -1.43. The fourth-order valence-electron chi connectivity index (χ4n) is 6.00. The zero-order valence-corrected chi connectivity index (χ0v) is 20.7. The van der Waals surface area contributed by atoms with Gasteiger partial charge in [0.25, 0.3) is 5.91 Å². The third-order valence-electron chi connectivity index (χ3n) is 8.08. The van der Waals surface area contributed by atoms with E-state index in [0.717, 1.165) is 41.7 Å². The first-order valence-electron chi connectivity index (χ1n) is 12.8. The van der Waals surface area contributed by atoms with Crippen molar-refractivity contribution in [2.24, 2.45) is 5.92 Å². The number of fused-ring (bicyclic) bond motifs is 3. The van der Waals surface area contributed by atoms with Gasteiger partial charge < -0.3 is 20.3 Å². The Hall–Kier alpha value is -3.95. The fraction of sp³-hybridized carbons (Fsp3) is 0.444. The molecule has 5 amide bonds. The molecule has 10 heteroatoms. The van der Waals surface area contributed by atoms with Gasteiger partial charge in [-0.1, -0.05) is 6.07 Å². The zero-order chi connectivity index (χ0) is 25.7. The average molecular weight is 504 g/mol. The summed E-state index contributed by atoms with van der Waals surface area (Å²) in [7, 11) is 1.53. The molecule has 0 radical (unpaired) electrons. The molecule has 2 N–H and O–H groups in total. The van der Waals surface area contributed by atoms with Gasteiger partial charge >= 0.3 is 12.1 Å². The van der Waals surface area contributed by atoms with Gasteiger partial charge in [0, 0.05) is 49.7 Å². The van der Waals surface area contributed by atoms with Crippen molar-refractivity contribution in [3.05, 3.63) is 58.9 Å². The number of nitrogens with one attached hydrogen (secondary N) is 2. The first-order valence-corrected chi connectivity index (χ1v) is 12.8. The maximum absolute atomic E-state index is 13.6. The van der Waals surface area contributed by atoms with Crippen molar-refractivity contribution >= 4 is 29.6 Å². The summed E-state index contributed by atoms with van der Waals surface area (Å²) < 4.78 is 5.72. The summed E-state index contributed by atoms with van der Waals surface area (Å²) in [5.74, 6) is -0.297. The predicted molar refractivity (Wildman–Crippen MR) is 132 cm³/mol. The Morgan fingerprint density at radius 2 is 1.95 bits per heavy atom. The quantitative estimate of drug-likeness (QED) is 0.662. The van der Waals surface area contributed by atoms with E-state index in [1.54, 1.807) is 30.6 Å². The number of hydrogen-bond donors (Lipinski definition) is 2. The smallest absolute Gasteiger partial charge is 0.418 e. The topological polar surface area (TPSA) is 121 Å². The normalized spacial score (nSPS) is 24.4. The highest BCUT2D eigenvalue weighted by Crippen LogP contribution is 2.46. The number of nitrogens with zero attached hydrogens (tertiary/aromatic N) is 3. The first kappa shape index (κ1) is 23.4. The van der Waals surface area contributed by atoms with Crippen LogP contribution in [0.2, 0.25) is 0 Å². The lowest BCUT2D eigenvalue weighted by Gasteiger charge is -2.31. The maximum atomic E-state index is 13.6. The highest BCUT2D eigenvalue weighted by atomic mass is 16.6. The Morgan fingerprint density at radius 1 is 1.11 bits per heavy atom. The Bertz CT molecular complexity index is 1310. The van der Waals surface area contributed by atoms with Crippen molar-refractivity contribution in [3.63, 3.8) is 0 Å². The molecule has 2 aliphatic heterocycles. The van der Waals surface area contributed by atoms with Crippen LogP contribution in [-0.4, -0.2) is 58.4 Å². The lowest BCUT2D eigenvalue weighted by Crippen LogP contribution is -2.48. The number of ether oxygens (including phenoxy) is 1. The number of pyridine rings is 1. The van der Waals surface area contributed by atoms with E-state index in [1.165, 1.54) is 12.6 Å². The number of anilines is 1. The minimum absolute atomic E-state index is 0.0843. The summed E-state index contributed by atoms with van der Waals surface area (Å²) in [4.78, 5) is 58.9. The molecule has 2 aromatic rings. The number of imide groups is 1. The van der Waals surface area contributed by atoms with Crippen molar-refractivity contribution in [3.8, 4) is 0 Å². The molecular weight excluding hydrogens is 474 g/mol. The van der Waals surface area contributed by atoms with Crippen molar-refractivity contribution in [2.75, 3.05) is 18.9 Å².